The lowest BCUT2D eigenvalue weighted by atomic mass is 9.77. The smallest absolute Gasteiger partial charge is 0.423 e. The molecule has 8 heteroatoms. The van der Waals surface area contributed by atoms with Crippen LogP contribution in [0.5, 0.6) is 0 Å². The third kappa shape index (κ3) is 8.39. The molecule has 4 aromatic carbocycles. The summed E-state index contributed by atoms with van der Waals surface area (Å²) < 4.78 is 0.843. The van der Waals surface area contributed by atoms with Gasteiger partial charge in [-0.25, -0.2) is 0 Å². The molecule has 34 heavy (non-hydrogen) atoms. The first kappa shape index (κ1) is 27.8. The maximum atomic E-state index is 8.76. The lowest BCUT2D eigenvalue weighted by Crippen LogP contribution is -2.31. The van der Waals surface area contributed by atoms with Crippen LogP contribution in [0.1, 0.15) is 11.1 Å². The first-order valence-corrected chi connectivity index (χ1v) is 11.9. The van der Waals surface area contributed by atoms with E-state index in [1.807, 2.05) is 43.3 Å². The third-order valence-corrected chi connectivity index (χ3v) is 6.04. The molecule has 0 atom stereocenters. The van der Waals surface area contributed by atoms with E-state index in [-0.39, 0.29) is 0 Å². The summed E-state index contributed by atoms with van der Waals surface area (Å²) in [5, 5.41) is 18.9. The van der Waals surface area contributed by atoms with Gasteiger partial charge in [0.25, 0.3) is 0 Å². The van der Waals surface area contributed by atoms with Gasteiger partial charge in [0, 0.05) is 31.5 Å². The van der Waals surface area contributed by atoms with E-state index < -0.39 is 7.12 Å². The van der Waals surface area contributed by atoms with E-state index in [4.69, 9.17) is 44.7 Å². The maximum Gasteiger partial charge on any atom is 0.488 e. The predicted molar refractivity (Wildman–Crippen MR) is 151 cm³/mol. The van der Waals surface area contributed by atoms with Crippen molar-refractivity contribution in [2.45, 2.75) is 13.8 Å². The van der Waals surface area contributed by atoms with Gasteiger partial charge < -0.3 is 21.5 Å². The number of nitrogens with two attached hydrogens (primary N) is 2. The second kappa shape index (κ2) is 13.4. The van der Waals surface area contributed by atoms with Gasteiger partial charge >= 0.3 is 7.12 Å². The van der Waals surface area contributed by atoms with Crippen molar-refractivity contribution in [2.75, 3.05) is 11.5 Å². The Morgan fingerprint density at radius 1 is 0.676 bits per heavy atom. The lowest BCUT2D eigenvalue weighted by molar-refractivity contribution is 0.425. The zero-order valence-corrected chi connectivity index (χ0v) is 21.9. The summed E-state index contributed by atoms with van der Waals surface area (Å²) in [6.45, 7) is 3.91. The van der Waals surface area contributed by atoms with E-state index >= 15 is 0 Å². The first-order chi connectivity index (χ1) is 16.1. The van der Waals surface area contributed by atoms with Crippen molar-refractivity contribution in [3.05, 3.63) is 111 Å². The second-order valence-corrected chi connectivity index (χ2v) is 9.17. The molecule has 0 unspecified atom stereocenters. The largest absolute Gasteiger partial charge is 0.488 e. The third-order valence-electron chi connectivity index (χ3n) is 4.88. The van der Waals surface area contributed by atoms with Gasteiger partial charge in [0.15, 0.2) is 0 Å². The fraction of sp³-hybridized carbons (Fsp3) is 0.0769. The molecule has 0 fully saturated rings. The molecular formula is C26H26BBrCl2N2O2. The Kier molecular flexibility index (Phi) is 11.0. The van der Waals surface area contributed by atoms with E-state index in [1.54, 1.807) is 36.4 Å². The van der Waals surface area contributed by atoms with Crippen LogP contribution in [0.15, 0.2) is 89.4 Å². The lowest BCUT2D eigenvalue weighted by Gasteiger charge is -2.09. The average Bonchev–Trinajstić information content (AvgIpc) is 2.80. The van der Waals surface area contributed by atoms with Crippen LogP contribution in [-0.2, 0) is 0 Å². The zero-order chi connectivity index (χ0) is 25.3. The molecule has 0 aromatic heterocycles. The van der Waals surface area contributed by atoms with Crippen LogP contribution < -0.4 is 16.9 Å². The molecule has 4 rings (SSSR count). The second-order valence-electron chi connectivity index (χ2n) is 7.44. The standard InChI is InChI=1S/C13H12ClN.C7H9BO2.C6H5BrClN/c1-9-4-2-3-5-11(9)12-8-10(14)6-7-13(12)15;1-6-4-2-3-5-7(6)8(9)10;7-5-3-4(8)1-2-6(5)9/h2-8H,15H2,1H3;2-5,9-10H,1H3;1-3H,9H2. The molecule has 0 aliphatic rings. The molecule has 0 radical (unpaired) electrons. The molecule has 4 nitrogen and oxygen atoms in total. The van der Waals surface area contributed by atoms with Crippen LogP contribution in [0.3, 0.4) is 0 Å². The molecular weight excluding hydrogens is 534 g/mol. The van der Waals surface area contributed by atoms with Crippen molar-refractivity contribution >= 4 is 63.1 Å². The van der Waals surface area contributed by atoms with Crippen LogP contribution in [0.25, 0.3) is 11.1 Å². The van der Waals surface area contributed by atoms with Gasteiger partial charge in [0.05, 0.1) is 0 Å². The van der Waals surface area contributed by atoms with Crippen LogP contribution in [0.2, 0.25) is 10.0 Å². The van der Waals surface area contributed by atoms with Crippen molar-refractivity contribution in [3.63, 3.8) is 0 Å². The van der Waals surface area contributed by atoms with E-state index in [0.29, 0.717) is 21.2 Å². The summed E-state index contributed by atoms with van der Waals surface area (Å²) in [7, 11) is -1.35. The first-order valence-electron chi connectivity index (χ1n) is 10.3. The van der Waals surface area contributed by atoms with Gasteiger partial charge in [-0.3, -0.25) is 0 Å². The van der Waals surface area contributed by atoms with Gasteiger partial charge in [0.1, 0.15) is 0 Å². The number of halogens is 3. The Labute approximate surface area is 219 Å². The quantitative estimate of drug-likeness (QED) is 0.172. The highest BCUT2D eigenvalue weighted by Gasteiger charge is 2.11. The van der Waals surface area contributed by atoms with Gasteiger partial charge in [-0.2, -0.15) is 0 Å². The summed E-state index contributed by atoms with van der Waals surface area (Å²) in [6, 6.07) is 26.1. The minimum atomic E-state index is -1.35. The summed E-state index contributed by atoms with van der Waals surface area (Å²) in [4.78, 5) is 0. The van der Waals surface area contributed by atoms with Crippen molar-refractivity contribution in [1.82, 2.24) is 0 Å². The average molecular weight is 560 g/mol. The monoisotopic (exact) mass is 558 g/mol. The minimum Gasteiger partial charge on any atom is -0.423 e. The molecule has 0 spiro atoms. The van der Waals surface area contributed by atoms with E-state index in [2.05, 4.69) is 35.0 Å². The molecule has 4 aromatic rings. The molecule has 0 amide bonds. The number of nitrogen functional groups attached to an aromatic ring is 2. The molecule has 0 aliphatic heterocycles. The molecule has 176 valence electrons. The summed E-state index contributed by atoms with van der Waals surface area (Å²) in [5.41, 5.74) is 17.7. The van der Waals surface area contributed by atoms with Crippen molar-refractivity contribution in [3.8, 4) is 11.1 Å². The van der Waals surface area contributed by atoms with Gasteiger partial charge in [-0.15, -0.1) is 0 Å². The molecule has 6 N–H and O–H groups in total. The van der Waals surface area contributed by atoms with Crippen LogP contribution in [0.4, 0.5) is 11.4 Å². The van der Waals surface area contributed by atoms with Crippen molar-refractivity contribution < 1.29 is 10.0 Å². The van der Waals surface area contributed by atoms with Gasteiger partial charge in [0.2, 0.25) is 0 Å². The highest BCUT2D eigenvalue weighted by Crippen LogP contribution is 2.30. The van der Waals surface area contributed by atoms with E-state index in [1.165, 1.54) is 5.56 Å². The minimum absolute atomic E-state index is 0.572. The highest BCUT2D eigenvalue weighted by molar-refractivity contribution is 9.10. The van der Waals surface area contributed by atoms with Crippen LogP contribution >= 0.6 is 39.1 Å². The fourth-order valence-corrected chi connectivity index (χ4v) is 3.87. The number of anilines is 2. The zero-order valence-electron chi connectivity index (χ0n) is 18.8. The van der Waals surface area contributed by atoms with Crippen LogP contribution in [0, 0.1) is 13.8 Å². The Morgan fingerprint density at radius 2 is 1.21 bits per heavy atom. The highest BCUT2D eigenvalue weighted by atomic mass is 79.9. The van der Waals surface area contributed by atoms with E-state index in [9.17, 15) is 0 Å². The Balaban J connectivity index is 0.000000189. The number of hydrogen-bond donors (Lipinski definition) is 4. The molecule has 0 heterocycles. The number of benzene rings is 4. The number of aryl methyl sites for hydroxylation is 2. The SMILES string of the molecule is Cc1ccccc1-c1cc(Cl)ccc1N.Cc1ccccc1B(O)O.Nc1ccc(Cl)cc1Br. The molecule has 0 saturated heterocycles. The maximum absolute atomic E-state index is 8.76. The van der Waals surface area contributed by atoms with Crippen LogP contribution in [-0.4, -0.2) is 17.2 Å². The summed E-state index contributed by atoms with van der Waals surface area (Å²) in [6.07, 6.45) is 0. The summed E-state index contributed by atoms with van der Waals surface area (Å²) in [5.74, 6) is 0. The normalized spacial score (nSPS) is 9.85. The summed E-state index contributed by atoms with van der Waals surface area (Å²) >= 11 is 14.8. The van der Waals surface area contributed by atoms with Gasteiger partial charge in [-0.05, 0) is 82.8 Å². The predicted octanol–water partition coefficient (Wildman–Crippen LogP) is 6.26. The van der Waals surface area contributed by atoms with Crippen molar-refractivity contribution in [1.29, 1.82) is 0 Å². The Bertz CT molecular complexity index is 1240. The Morgan fingerprint density at radius 3 is 1.71 bits per heavy atom. The molecule has 0 aliphatic carbocycles. The Hall–Kier alpha value is -2.48. The van der Waals surface area contributed by atoms with Crippen molar-refractivity contribution in [2.24, 2.45) is 0 Å². The number of rotatable bonds is 2. The molecule has 0 saturated carbocycles. The molecule has 0 bridgehead atoms. The number of hydrogen-bond acceptors (Lipinski definition) is 4. The fourth-order valence-electron chi connectivity index (χ4n) is 3.01. The van der Waals surface area contributed by atoms with Gasteiger partial charge in [-0.1, -0.05) is 77.3 Å². The van der Waals surface area contributed by atoms with E-state index in [0.717, 1.165) is 26.9 Å². The topological polar surface area (TPSA) is 92.5 Å².